The normalized spacial score (nSPS) is 19.9. The molecule has 7 heteroatoms. The zero-order valence-corrected chi connectivity index (χ0v) is 15.1. The fraction of sp³-hybridized carbons (Fsp3) is 0.263. The molecule has 0 saturated carbocycles. The van der Waals surface area contributed by atoms with E-state index in [1.807, 2.05) is 43.3 Å². The third-order valence-corrected chi connectivity index (χ3v) is 5.08. The Morgan fingerprint density at radius 2 is 1.92 bits per heavy atom. The maximum absolute atomic E-state index is 13.0. The maximum Gasteiger partial charge on any atom is 0.251 e. The monoisotopic (exact) mass is 367 g/mol. The van der Waals surface area contributed by atoms with Crippen molar-refractivity contribution in [3.63, 3.8) is 0 Å². The number of H-pyrrole nitrogens is 1. The molecule has 26 heavy (non-hydrogen) atoms. The molecule has 1 aliphatic rings. The molecule has 1 atom stereocenters. The minimum atomic E-state index is -0.467. The summed E-state index contributed by atoms with van der Waals surface area (Å²) in [6.07, 6.45) is 4.82. The molecule has 1 fully saturated rings. The second-order valence-corrected chi connectivity index (χ2v) is 7.23. The molecule has 1 aliphatic heterocycles. The first-order valence-corrected chi connectivity index (χ1v) is 8.82. The van der Waals surface area contributed by atoms with Crippen molar-refractivity contribution in [3.8, 4) is 11.4 Å². The molecule has 132 valence electrons. The van der Waals surface area contributed by atoms with Gasteiger partial charge in [0.25, 0.3) is 5.95 Å². The molecule has 1 amide bonds. The van der Waals surface area contributed by atoms with Crippen LogP contribution < -0.4 is 4.90 Å². The average Bonchev–Trinajstić information content (AvgIpc) is 3.24. The van der Waals surface area contributed by atoms with Crippen LogP contribution in [0.1, 0.15) is 18.9 Å². The minimum absolute atomic E-state index is 0.0488. The summed E-state index contributed by atoms with van der Waals surface area (Å²) in [5.41, 5.74) is 1.51. The highest BCUT2D eigenvalue weighted by atomic mass is 35.5. The molecule has 6 nitrogen and oxygen atoms in total. The van der Waals surface area contributed by atoms with Gasteiger partial charge in [-0.1, -0.05) is 30.7 Å². The Kier molecular flexibility index (Phi) is 4.20. The molecular weight excluding hydrogens is 350 g/mol. The first kappa shape index (κ1) is 16.7. The van der Waals surface area contributed by atoms with E-state index >= 15 is 0 Å². The Balaban J connectivity index is 1.54. The smallest absolute Gasteiger partial charge is 0.251 e. The number of carbonyl (C=O) groups excluding carboxylic acids is 1. The number of hydrogen-bond donors (Lipinski definition) is 1. The van der Waals surface area contributed by atoms with E-state index in [0.717, 1.165) is 17.5 Å². The Bertz CT molecular complexity index is 925. The van der Waals surface area contributed by atoms with Gasteiger partial charge in [0.15, 0.2) is 5.82 Å². The Hall–Kier alpha value is -2.73. The number of benzene rings is 1. The van der Waals surface area contributed by atoms with Crippen molar-refractivity contribution < 1.29 is 4.79 Å². The van der Waals surface area contributed by atoms with Gasteiger partial charge >= 0.3 is 0 Å². The average molecular weight is 368 g/mol. The first-order valence-electron chi connectivity index (χ1n) is 8.44. The summed E-state index contributed by atoms with van der Waals surface area (Å²) in [7, 11) is 0. The summed E-state index contributed by atoms with van der Waals surface area (Å²) in [5, 5.41) is 7.84. The predicted molar refractivity (Wildman–Crippen MR) is 99.8 cm³/mol. The summed E-state index contributed by atoms with van der Waals surface area (Å²) in [4.78, 5) is 23.2. The molecule has 0 spiro atoms. The minimum Gasteiger partial charge on any atom is -0.279 e. The third kappa shape index (κ3) is 3.08. The van der Waals surface area contributed by atoms with Gasteiger partial charge in [-0.3, -0.25) is 19.8 Å². The van der Waals surface area contributed by atoms with E-state index in [1.165, 1.54) is 0 Å². The van der Waals surface area contributed by atoms with Crippen LogP contribution in [0.4, 0.5) is 5.95 Å². The molecule has 3 aromatic rings. The van der Waals surface area contributed by atoms with E-state index in [1.54, 1.807) is 17.3 Å². The first-order chi connectivity index (χ1) is 12.5. The molecule has 0 radical (unpaired) electrons. The second kappa shape index (κ2) is 6.53. The van der Waals surface area contributed by atoms with Gasteiger partial charge in [-0.2, -0.15) is 4.98 Å². The van der Waals surface area contributed by atoms with Crippen LogP contribution in [0.2, 0.25) is 5.02 Å². The lowest BCUT2D eigenvalue weighted by atomic mass is 9.82. The summed E-state index contributed by atoms with van der Waals surface area (Å²) in [6.45, 7) is 2.61. The molecule has 1 saturated heterocycles. The van der Waals surface area contributed by atoms with Crippen LogP contribution in [-0.2, 0) is 11.2 Å². The molecule has 1 aromatic carbocycles. The van der Waals surface area contributed by atoms with Crippen LogP contribution in [0.3, 0.4) is 0 Å². The van der Waals surface area contributed by atoms with Crippen molar-refractivity contribution in [3.05, 3.63) is 59.4 Å². The molecule has 1 N–H and O–H groups in total. The van der Waals surface area contributed by atoms with Crippen LogP contribution in [-0.4, -0.2) is 32.6 Å². The lowest BCUT2D eigenvalue weighted by molar-refractivity contribution is -0.124. The van der Waals surface area contributed by atoms with E-state index in [4.69, 9.17) is 11.6 Å². The zero-order chi connectivity index (χ0) is 18.1. The van der Waals surface area contributed by atoms with Gasteiger partial charge < -0.3 is 0 Å². The van der Waals surface area contributed by atoms with E-state index in [2.05, 4.69) is 20.2 Å². The third-order valence-electron chi connectivity index (χ3n) is 4.82. The molecule has 4 rings (SSSR count). The summed E-state index contributed by atoms with van der Waals surface area (Å²) in [6, 6.07) is 11.3. The van der Waals surface area contributed by atoms with Gasteiger partial charge in [-0.05, 0) is 42.7 Å². The van der Waals surface area contributed by atoms with E-state index < -0.39 is 5.41 Å². The Labute approximate surface area is 156 Å². The number of pyridine rings is 1. The van der Waals surface area contributed by atoms with Crippen molar-refractivity contribution in [2.24, 2.45) is 5.41 Å². The SMILES string of the molecule is C[C@@]1(Cc2ccc(Cl)cc2)CCN(c2n[nH]c(-c3ccncc3)n2)C1=O. The molecule has 0 bridgehead atoms. The van der Waals surface area contributed by atoms with Crippen LogP contribution in [0.25, 0.3) is 11.4 Å². The molecule has 0 aliphatic carbocycles. The number of nitrogens with zero attached hydrogens (tertiary/aromatic N) is 4. The highest BCUT2D eigenvalue weighted by Crippen LogP contribution is 2.37. The molecule has 3 heterocycles. The van der Waals surface area contributed by atoms with Crippen molar-refractivity contribution in [2.75, 3.05) is 11.4 Å². The topological polar surface area (TPSA) is 74.8 Å². The van der Waals surface area contributed by atoms with E-state index in [9.17, 15) is 4.79 Å². The largest absolute Gasteiger partial charge is 0.279 e. The Morgan fingerprint density at radius 3 is 2.65 bits per heavy atom. The van der Waals surface area contributed by atoms with Crippen molar-refractivity contribution >= 4 is 23.5 Å². The number of aromatic amines is 1. The second-order valence-electron chi connectivity index (χ2n) is 6.79. The Morgan fingerprint density at radius 1 is 1.19 bits per heavy atom. The fourth-order valence-corrected chi connectivity index (χ4v) is 3.44. The lowest BCUT2D eigenvalue weighted by Crippen LogP contribution is -2.34. The van der Waals surface area contributed by atoms with E-state index in [-0.39, 0.29) is 5.91 Å². The van der Waals surface area contributed by atoms with Gasteiger partial charge in [-0.25, -0.2) is 0 Å². The molecule has 2 aromatic heterocycles. The van der Waals surface area contributed by atoms with Crippen molar-refractivity contribution in [1.82, 2.24) is 20.2 Å². The number of aromatic nitrogens is 4. The molecular formula is C19H18ClN5O. The maximum atomic E-state index is 13.0. The number of halogens is 1. The van der Waals surface area contributed by atoms with Crippen LogP contribution in [0.5, 0.6) is 0 Å². The predicted octanol–water partition coefficient (Wildman–Crippen LogP) is 3.51. The summed E-state index contributed by atoms with van der Waals surface area (Å²) >= 11 is 5.95. The van der Waals surface area contributed by atoms with Crippen molar-refractivity contribution in [1.29, 1.82) is 0 Å². The standard InChI is InChI=1S/C19H18ClN5O/c1-19(12-13-2-4-15(20)5-3-13)8-11-25(17(19)26)18-22-16(23-24-18)14-6-9-21-10-7-14/h2-7,9-10H,8,11-12H2,1H3,(H,22,23,24)/t19-/m0/s1. The van der Waals surface area contributed by atoms with Gasteiger partial charge in [0.2, 0.25) is 5.91 Å². The summed E-state index contributed by atoms with van der Waals surface area (Å²) < 4.78 is 0. The fourth-order valence-electron chi connectivity index (χ4n) is 3.31. The van der Waals surface area contributed by atoms with Gasteiger partial charge in [0.05, 0.1) is 5.41 Å². The summed E-state index contributed by atoms with van der Waals surface area (Å²) in [5.74, 6) is 1.09. The number of hydrogen-bond acceptors (Lipinski definition) is 4. The van der Waals surface area contributed by atoms with Crippen LogP contribution in [0, 0.1) is 5.41 Å². The lowest BCUT2D eigenvalue weighted by Gasteiger charge is -2.22. The van der Waals surface area contributed by atoms with Gasteiger partial charge in [-0.15, -0.1) is 5.10 Å². The quantitative estimate of drug-likeness (QED) is 0.765. The van der Waals surface area contributed by atoms with E-state index in [0.29, 0.717) is 29.8 Å². The van der Waals surface area contributed by atoms with Gasteiger partial charge in [0, 0.05) is 29.5 Å². The number of anilines is 1. The number of rotatable bonds is 4. The van der Waals surface area contributed by atoms with Crippen molar-refractivity contribution in [2.45, 2.75) is 19.8 Å². The molecule has 0 unspecified atom stereocenters. The van der Waals surface area contributed by atoms with Gasteiger partial charge in [0.1, 0.15) is 0 Å². The highest BCUT2D eigenvalue weighted by Gasteiger charge is 2.44. The van der Waals surface area contributed by atoms with Crippen LogP contribution >= 0.6 is 11.6 Å². The van der Waals surface area contributed by atoms with Crippen LogP contribution in [0.15, 0.2) is 48.8 Å². The highest BCUT2D eigenvalue weighted by molar-refractivity contribution is 6.30. The zero-order valence-electron chi connectivity index (χ0n) is 14.3. The number of carbonyl (C=O) groups is 1. The number of amides is 1. The number of nitrogens with one attached hydrogen (secondary N) is 1.